The van der Waals surface area contributed by atoms with Crippen LogP contribution in [0.1, 0.15) is 23.5 Å². The molecule has 3 heterocycles. The second-order valence-electron chi connectivity index (χ2n) is 6.50. The molecule has 0 amide bonds. The third kappa shape index (κ3) is 6.04. The summed E-state index contributed by atoms with van der Waals surface area (Å²) in [5.74, 6) is 1.04. The Kier molecular flexibility index (Phi) is 8.88. The zero-order valence-corrected chi connectivity index (χ0v) is 18.4. The Balaban J connectivity index is 0.00000225. The fourth-order valence-corrected chi connectivity index (χ4v) is 4.28. The highest BCUT2D eigenvalue weighted by molar-refractivity contribution is 14.0. The van der Waals surface area contributed by atoms with Crippen LogP contribution in [-0.4, -0.2) is 79.8 Å². The maximum atomic E-state index is 5.46. The Labute approximate surface area is 172 Å². The lowest BCUT2D eigenvalue weighted by atomic mass is 10.2. The van der Waals surface area contributed by atoms with Crippen molar-refractivity contribution in [2.24, 2.45) is 4.99 Å². The Morgan fingerprint density at radius 2 is 2.20 bits per heavy atom. The van der Waals surface area contributed by atoms with Gasteiger partial charge in [-0.05, 0) is 19.8 Å². The second-order valence-corrected chi connectivity index (χ2v) is 7.44. The maximum Gasteiger partial charge on any atom is 0.193 e. The third-order valence-corrected chi connectivity index (χ3v) is 5.78. The van der Waals surface area contributed by atoms with E-state index in [4.69, 9.17) is 4.74 Å². The van der Waals surface area contributed by atoms with Gasteiger partial charge < -0.3 is 15.0 Å². The van der Waals surface area contributed by atoms with Crippen LogP contribution >= 0.6 is 35.3 Å². The van der Waals surface area contributed by atoms with Gasteiger partial charge in [0.1, 0.15) is 0 Å². The number of aromatic nitrogens is 1. The number of nitrogens with zero attached hydrogens (tertiary/aromatic N) is 4. The van der Waals surface area contributed by atoms with E-state index in [1.807, 2.05) is 7.05 Å². The van der Waals surface area contributed by atoms with Crippen molar-refractivity contribution in [3.05, 3.63) is 16.1 Å². The van der Waals surface area contributed by atoms with Crippen molar-refractivity contribution in [1.29, 1.82) is 0 Å². The number of nitrogens with one attached hydrogen (secondary N) is 1. The molecule has 2 aliphatic rings. The minimum atomic E-state index is 0. The Hall–Kier alpha value is -0.450. The Bertz CT molecular complexity index is 547. The van der Waals surface area contributed by atoms with Crippen LogP contribution < -0.4 is 5.32 Å². The number of guanidine groups is 1. The van der Waals surface area contributed by atoms with Gasteiger partial charge in [-0.1, -0.05) is 0 Å². The largest absolute Gasteiger partial charge is 0.379 e. The molecule has 0 saturated carbocycles. The van der Waals surface area contributed by atoms with E-state index in [1.54, 1.807) is 11.3 Å². The molecule has 1 aromatic rings. The molecule has 1 N–H and O–H groups in total. The van der Waals surface area contributed by atoms with Gasteiger partial charge in [-0.2, -0.15) is 0 Å². The number of rotatable bonds is 5. The van der Waals surface area contributed by atoms with Crippen LogP contribution in [-0.2, 0) is 11.2 Å². The number of hydrogen-bond acceptors (Lipinski definition) is 5. The quantitative estimate of drug-likeness (QED) is 0.303. The molecule has 0 aromatic carbocycles. The minimum Gasteiger partial charge on any atom is -0.379 e. The van der Waals surface area contributed by atoms with E-state index in [-0.39, 0.29) is 24.0 Å². The number of halogens is 1. The van der Waals surface area contributed by atoms with Gasteiger partial charge in [-0.25, -0.2) is 4.98 Å². The van der Waals surface area contributed by atoms with Gasteiger partial charge in [0.15, 0.2) is 5.96 Å². The fourth-order valence-electron chi connectivity index (χ4n) is 3.46. The third-order valence-electron chi connectivity index (χ3n) is 4.75. The lowest BCUT2D eigenvalue weighted by Crippen LogP contribution is -2.46. The van der Waals surface area contributed by atoms with Crippen LogP contribution in [0.2, 0.25) is 0 Å². The monoisotopic (exact) mass is 479 g/mol. The normalized spacial score (nSPS) is 22.1. The first-order valence-electron chi connectivity index (χ1n) is 8.94. The lowest BCUT2D eigenvalue weighted by Gasteiger charge is -2.32. The summed E-state index contributed by atoms with van der Waals surface area (Å²) in [5, 5.41) is 6.88. The molecule has 25 heavy (non-hydrogen) atoms. The van der Waals surface area contributed by atoms with Crippen molar-refractivity contribution >= 4 is 41.3 Å². The number of aliphatic imine (C=N–C) groups is 1. The van der Waals surface area contributed by atoms with Crippen LogP contribution in [0, 0.1) is 6.92 Å². The van der Waals surface area contributed by atoms with Crippen LogP contribution in [0.15, 0.2) is 10.4 Å². The molecular formula is C17H30IN5OS. The summed E-state index contributed by atoms with van der Waals surface area (Å²) >= 11 is 1.76. The van der Waals surface area contributed by atoms with Gasteiger partial charge in [-0.15, -0.1) is 35.3 Å². The van der Waals surface area contributed by atoms with E-state index in [0.717, 1.165) is 70.4 Å². The highest BCUT2D eigenvalue weighted by atomic mass is 127. The van der Waals surface area contributed by atoms with Gasteiger partial charge in [-0.3, -0.25) is 9.89 Å². The second kappa shape index (κ2) is 10.6. The highest BCUT2D eigenvalue weighted by Crippen LogP contribution is 2.17. The van der Waals surface area contributed by atoms with E-state index in [0.29, 0.717) is 6.04 Å². The number of hydrogen-bond donors (Lipinski definition) is 1. The van der Waals surface area contributed by atoms with Gasteiger partial charge in [0.2, 0.25) is 0 Å². The van der Waals surface area contributed by atoms with Gasteiger partial charge in [0, 0.05) is 63.3 Å². The van der Waals surface area contributed by atoms with Gasteiger partial charge in [0.25, 0.3) is 0 Å². The molecule has 6 nitrogen and oxygen atoms in total. The zero-order chi connectivity index (χ0) is 16.8. The number of ether oxygens (including phenoxy) is 1. The van der Waals surface area contributed by atoms with E-state index >= 15 is 0 Å². The molecule has 8 heteroatoms. The number of thiazole rings is 1. The standard InChI is InChI=1S/C17H29N5OS.HI/c1-14-13-24-16(20-14)4-3-6-19-17(18-2)22-7-5-15(12-22)21-8-10-23-11-9-21;/h13,15H,3-12H2,1-2H3,(H,18,19);1H. The van der Waals surface area contributed by atoms with Crippen molar-refractivity contribution in [2.45, 2.75) is 32.2 Å². The summed E-state index contributed by atoms with van der Waals surface area (Å²) in [6.07, 6.45) is 3.35. The van der Waals surface area contributed by atoms with E-state index in [9.17, 15) is 0 Å². The Morgan fingerprint density at radius 1 is 1.40 bits per heavy atom. The predicted octanol–water partition coefficient (Wildman–Crippen LogP) is 1.98. The van der Waals surface area contributed by atoms with Crippen molar-refractivity contribution in [3.8, 4) is 0 Å². The molecule has 1 unspecified atom stereocenters. The van der Waals surface area contributed by atoms with Crippen molar-refractivity contribution in [1.82, 2.24) is 20.1 Å². The SMILES string of the molecule is CN=C(NCCCc1nc(C)cs1)N1CCC(N2CCOCC2)C1.I. The minimum absolute atomic E-state index is 0. The number of morpholine rings is 1. The number of likely N-dealkylation sites (tertiary alicyclic amines) is 1. The summed E-state index contributed by atoms with van der Waals surface area (Å²) in [6, 6.07) is 0.644. The van der Waals surface area contributed by atoms with E-state index < -0.39 is 0 Å². The molecule has 2 aliphatic heterocycles. The first-order valence-corrected chi connectivity index (χ1v) is 9.82. The summed E-state index contributed by atoms with van der Waals surface area (Å²) in [6.45, 7) is 9.05. The summed E-state index contributed by atoms with van der Waals surface area (Å²) in [7, 11) is 1.88. The average molecular weight is 479 g/mol. The van der Waals surface area contributed by atoms with Crippen LogP contribution in [0.3, 0.4) is 0 Å². The molecule has 1 atom stereocenters. The lowest BCUT2D eigenvalue weighted by molar-refractivity contribution is 0.0195. The topological polar surface area (TPSA) is 53.0 Å². The Morgan fingerprint density at radius 3 is 2.88 bits per heavy atom. The zero-order valence-electron chi connectivity index (χ0n) is 15.2. The molecule has 142 valence electrons. The smallest absolute Gasteiger partial charge is 0.193 e. The van der Waals surface area contributed by atoms with Crippen LogP contribution in [0.25, 0.3) is 0 Å². The maximum absolute atomic E-state index is 5.46. The highest BCUT2D eigenvalue weighted by Gasteiger charge is 2.30. The molecule has 2 fully saturated rings. The molecule has 2 saturated heterocycles. The van der Waals surface area contributed by atoms with Gasteiger partial charge >= 0.3 is 0 Å². The molecule has 0 spiro atoms. The average Bonchev–Trinajstić information content (AvgIpc) is 3.25. The first-order chi connectivity index (χ1) is 11.8. The summed E-state index contributed by atoms with van der Waals surface area (Å²) in [4.78, 5) is 14.0. The molecule has 0 radical (unpaired) electrons. The summed E-state index contributed by atoms with van der Waals surface area (Å²) in [5.41, 5.74) is 1.13. The number of aryl methyl sites for hydroxylation is 2. The first kappa shape index (κ1) is 20.9. The molecular weight excluding hydrogens is 449 g/mol. The van der Waals surface area contributed by atoms with Crippen LogP contribution in [0.4, 0.5) is 0 Å². The van der Waals surface area contributed by atoms with Crippen molar-refractivity contribution in [3.63, 3.8) is 0 Å². The van der Waals surface area contributed by atoms with E-state index in [2.05, 4.69) is 37.4 Å². The molecule has 0 aliphatic carbocycles. The molecule has 1 aromatic heterocycles. The summed E-state index contributed by atoms with van der Waals surface area (Å²) < 4.78 is 5.46. The molecule has 3 rings (SSSR count). The van der Waals surface area contributed by atoms with E-state index in [1.165, 1.54) is 11.4 Å². The van der Waals surface area contributed by atoms with Crippen molar-refractivity contribution in [2.75, 3.05) is 53.0 Å². The molecule has 0 bridgehead atoms. The van der Waals surface area contributed by atoms with Gasteiger partial charge in [0.05, 0.1) is 18.2 Å². The van der Waals surface area contributed by atoms with Crippen LogP contribution in [0.5, 0.6) is 0 Å². The van der Waals surface area contributed by atoms with Crippen molar-refractivity contribution < 1.29 is 4.74 Å². The fraction of sp³-hybridized carbons (Fsp3) is 0.765. The predicted molar refractivity (Wildman–Crippen MR) is 114 cm³/mol.